The molecule has 6 nitrogen and oxygen atoms in total. The second-order valence-corrected chi connectivity index (χ2v) is 6.91. The Morgan fingerprint density at radius 3 is 2.56 bits per heavy atom. The van der Waals surface area contributed by atoms with Gasteiger partial charge in [-0.15, -0.1) is 0 Å². The van der Waals surface area contributed by atoms with Gasteiger partial charge in [-0.1, -0.05) is 23.2 Å². The van der Waals surface area contributed by atoms with Crippen molar-refractivity contribution in [1.29, 1.82) is 0 Å². The molecule has 3 rings (SSSR count). The highest BCUT2D eigenvalue weighted by Crippen LogP contribution is 2.34. The monoisotopic (exact) mass is 383 g/mol. The molecule has 0 radical (unpaired) electrons. The molecule has 0 unspecified atom stereocenters. The molecular weight excluding hydrogens is 365 g/mol. The van der Waals surface area contributed by atoms with Gasteiger partial charge in [-0.05, 0) is 24.7 Å². The van der Waals surface area contributed by atoms with E-state index < -0.39 is 5.97 Å². The highest BCUT2D eigenvalue weighted by Gasteiger charge is 2.24. The molecule has 8 heteroatoms. The molecule has 0 spiro atoms. The van der Waals surface area contributed by atoms with Crippen LogP contribution in [0.5, 0.6) is 5.75 Å². The van der Waals surface area contributed by atoms with Gasteiger partial charge in [0.05, 0.1) is 17.6 Å². The number of nitrogens with zero attached hydrogens (tertiary/aromatic N) is 3. The van der Waals surface area contributed by atoms with Gasteiger partial charge in [0.25, 0.3) is 0 Å². The predicted molar refractivity (Wildman–Crippen MR) is 98.0 cm³/mol. The number of halogens is 2. The summed E-state index contributed by atoms with van der Waals surface area (Å²) in [7, 11) is 3.60. The molecule has 1 N–H and O–H groups in total. The van der Waals surface area contributed by atoms with Gasteiger partial charge in [-0.2, -0.15) is 0 Å². The maximum Gasteiger partial charge on any atom is 0.339 e. The van der Waals surface area contributed by atoms with Crippen LogP contribution >= 0.6 is 23.2 Å². The van der Waals surface area contributed by atoms with Crippen molar-refractivity contribution in [2.45, 2.75) is 6.54 Å². The lowest BCUT2D eigenvalue weighted by molar-refractivity contribution is 0.0693. The second-order valence-electron chi connectivity index (χ2n) is 6.14. The molecular formula is C17H19Cl2N3O3. The standard InChI is InChI=1S/C17H19Cl2N3O3/c1-21-3-5-22(6-4-21)9-11-10-7-14(25-2)12(18)8-13(10)20-16(19)15(11)17(23)24/h7-8H,3-6,9H2,1-2H3,(H,23,24). The van der Waals surface area contributed by atoms with Crippen molar-refractivity contribution >= 4 is 40.1 Å². The maximum absolute atomic E-state index is 11.8. The van der Waals surface area contributed by atoms with Crippen molar-refractivity contribution in [1.82, 2.24) is 14.8 Å². The van der Waals surface area contributed by atoms with Crippen LogP contribution in [0.3, 0.4) is 0 Å². The average molecular weight is 384 g/mol. The van der Waals surface area contributed by atoms with Crippen LogP contribution in [0, 0.1) is 0 Å². The molecule has 1 saturated heterocycles. The van der Waals surface area contributed by atoms with Crippen molar-refractivity contribution in [2.75, 3.05) is 40.3 Å². The number of carboxylic acid groups (broad SMARTS) is 1. The van der Waals surface area contributed by atoms with Crippen LogP contribution in [0.25, 0.3) is 10.9 Å². The molecule has 2 aromatic rings. The first-order valence-electron chi connectivity index (χ1n) is 7.90. The number of piperazine rings is 1. The number of aromatic nitrogens is 1. The van der Waals surface area contributed by atoms with Crippen molar-refractivity contribution in [3.05, 3.63) is 33.4 Å². The van der Waals surface area contributed by atoms with Crippen LogP contribution in [-0.2, 0) is 6.54 Å². The maximum atomic E-state index is 11.8. The van der Waals surface area contributed by atoms with Crippen LogP contribution in [-0.4, -0.2) is 66.2 Å². The van der Waals surface area contributed by atoms with Gasteiger partial charge in [0.1, 0.15) is 16.5 Å². The molecule has 25 heavy (non-hydrogen) atoms. The molecule has 0 aliphatic carbocycles. The number of pyridine rings is 1. The highest BCUT2D eigenvalue weighted by atomic mass is 35.5. The Hall–Kier alpha value is -1.60. The van der Waals surface area contributed by atoms with Crippen molar-refractivity contribution in [3.63, 3.8) is 0 Å². The van der Waals surface area contributed by atoms with Gasteiger partial charge in [-0.25, -0.2) is 9.78 Å². The summed E-state index contributed by atoms with van der Waals surface area (Å²) in [5.74, 6) is -0.605. The fourth-order valence-corrected chi connectivity index (χ4v) is 3.59. The molecule has 0 saturated carbocycles. The van der Waals surface area contributed by atoms with Gasteiger partial charge in [-0.3, -0.25) is 4.90 Å². The molecule has 0 atom stereocenters. The second kappa shape index (κ2) is 7.33. The summed E-state index contributed by atoms with van der Waals surface area (Å²) in [4.78, 5) is 20.5. The van der Waals surface area contributed by atoms with Crippen molar-refractivity contribution in [3.8, 4) is 5.75 Å². The average Bonchev–Trinajstić information content (AvgIpc) is 2.56. The number of ether oxygens (including phenoxy) is 1. The van der Waals surface area contributed by atoms with Gasteiger partial charge in [0, 0.05) is 38.1 Å². The number of rotatable bonds is 4. The van der Waals surface area contributed by atoms with E-state index in [2.05, 4.69) is 21.8 Å². The van der Waals surface area contributed by atoms with Crippen molar-refractivity contribution < 1.29 is 14.6 Å². The zero-order valence-corrected chi connectivity index (χ0v) is 15.6. The molecule has 134 valence electrons. The van der Waals surface area contributed by atoms with E-state index in [-0.39, 0.29) is 10.7 Å². The van der Waals surface area contributed by atoms with Crippen LogP contribution in [0.1, 0.15) is 15.9 Å². The number of hydrogen-bond donors (Lipinski definition) is 1. The van der Waals surface area contributed by atoms with E-state index in [4.69, 9.17) is 27.9 Å². The molecule has 2 heterocycles. The van der Waals surface area contributed by atoms with Crippen LogP contribution in [0.4, 0.5) is 0 Å². The Labute approximate surface area is 155 Å². The SMILES string of the molecule is COc1cc2c(CN3CCN(C)CC3)c(C(=O)O)c(Cl)nc2cc1Cl. The number of methoxy groups -OCH3 is 1. The largest absolute Gasteiger partial charge is 0.495 e. The first-order chi connectivity index (χ1) is 11.9. The summed E-state index contributed by atoms with van der Waals surface area (Å²) in [6.07, 6.45) is 0. The quantitative estimate of drug-likeness (QED) is 0.818. The molecule has 1 aromatic heterocycles. The summed E-state index contributed by atoms with van der Waals surface area (Å²) in [5.41, 5.74) is 1.24. The van der Waals surface area contributed by atoms with Crippen LogP contribution in [0.15, 0.2) is 12.1 Å². The third-order valence-corrected chi connectivity index (χ3v) is 5.08. The first kappa shape index (κ1) is 18.2. The lowest BCUT2D eigenvalue weighted by Crippen LogP contribution is -2.44. The van der Waals surface area contributed by atoms with E-state index >= 15 is 0 Å². The number of hydrogen-bond acceptors (Lipinski definition) is 5. The van der Waals surface area contributed by atoms with E-state index in [1.54, 1.807) is 12.1 Å². The fraction of sp³-hybridized carbons (Fsp3) is 0.412. The van der Waals surface area contributed by atoms with E-state index in [0.717, 1.165) is 26.2 Å². The van der Waals surface area contributed by atoms with Gasteiger partial charge in [0.2, 0.25) is 0 Å². The number of carboxylic acids is 1. The smallest absolute Gasteiger partial charge is 0.339 e. The van der Waals surface area contributed by atoms with E-state index in [1.165, 1.54) is 7.11 Å². The topological polar surface area (TPSA) is 65.9 Å². The van der Waals surface area contributed by atoms with Gasteiger partial charge >= 0.3 is 5.97 Å². The number of benzene rings is 1. The minimum Gasteiger partial charge on any atom is -0.495 e. The Balaban J connectivity index is 2.14. The summed E-state index contributed by atoms with van der Waals surface area (Å²) in [5, 5.41) is 10.7. The van der Waals surface area contributed by atoms with Gasteiger partial charge in [0.15, 0.2) is 0 Å². The Morgan fingerprint density at radius 2 is 1.96 bits per heavy atom. The molecule has 1 aliphatic heterocycles. The Morgan fingerprint density at radius 1 is 1.28 bits per heavy atom. The Bertz CT molecular complexity index is 821. The fourth-order valence-electron chi connectivity index (χ4n) is 3.07. The normalized spacial score (nSPS) is 16.3. The number of aromatic carboxylic acids is 1. The number of fused-ring (bicyclic) bond motifs is 1. The molecule has 1 fully saturated rings. The first-order valence-corrected chi connectivity index (χ1v) is 8.66. The minimum atomic E-state index is -1.09. The third kappa shape index (κ3) is 3.67. The molecule has 1 aromatic carbocycles. The Kier molecular flexibility index (Phi) is 5.34. The van der Waals surface area contributed by atoms with Crippen LogP contribution < -0.4 is 4.74 Å². The van der Waals surface area contributed by atoms with Crippen LogP contribution in [0.2, 0.25) is 10.2 Å². The summed E-state index contributed by atoms with van der Waals surface area (Å²) >= 11 is 12.4. The zero-order valence-electron chi connectivity index (χ0n) is 14.1. The minimum absolute atomic E-state index is 0.0228. The van der Waals surface area contributed by atoms with E-state index in [1.807, 2.05) is 0 Å². The highest BCUT2D eigenvalue weighted by molar-refractivity contribution is 6.34. The molecule has 1 aliphatic rings. The summed E-state index contributed by atoms with van der Waals surface area (Å²) in [6.45, 7) is 4.09. The lowest BCUT2D eigenvalue weighted by atomic mass is 10.0. The number of carbonyl (C=O) groups is 1. The van der Waals surface area contributed by atoms with E-state index in [0.29, 0.717) is 33.8 Å². The van der Waals surface area contributed by atoms with E-state index in [9.17, 15) is 9.90 Å². The molecule has 0 amide bonds. The summed E-state index contributed by atoms with van der Waals surface area (Å²) < 4.78 is 5.28. The third-order valence-electron chi connectivity index (χ3n) is 4.51. The predicted octanol–water partition coefficient (Wildman–Crippen LogP) is 3.00. The van der Waals surface area contributed by atoms with Gasteiger partial charge < -0.3 is 14.7 Å². The zero-order chi connectivity index (χ0) is 18.1. The lowest BCUT2D eigenvalue weighted by Gasteiger charge is -2.33. The summed E-state index contributed by atoms with van der Waals surface area (Å²) in [6, 6.07) is 3.39. The van der Waals surface area contributed by atoms with Crippen molar-refractivity contribution in [2.24, 2.45) is 0 Å². The molecule has 0 bridgehead atoms. The number of likely N-dealkylation sites (N-methyl/N-ethyl adjacent to an activating group) is 1.